The first-order chi connectivity index (χ1) is 9.52. The highest BCUT2D eigenvalue weighted by atomic mass is 32.2. The quantitative estimate of drug-likeness (QED) is 0.600. The minimum absolute atomic E-state index is 0.132. The Morgan fingerprint density at radius 2 is 2.10 bits per heavy atom. The SMILES string of the molecule is C=CN1CCC(C(=O)Cc2ccc(S(=O)[O-])cc2)C1=O. The van der Waals surface area contributed by atoms with Crippen molar-refractivity contribution in [3.8, 4) is 0 Å². The van der Waals surface area contributed by atoms with E-state index in [1.54, 1.807) is 12.1 Å². The molecule has 1 aliphatic rings. The number of carbonyl (C=O) groups excluding carboxylic acids is 2. The Morgan fingerprint density at radius 3 is 2.60 bits per heavy atom. The van der Waals surface area contributed by atoms with Crippen LogP contribution in [0.3, 0.4) is 0 Å². The van der Waals surface area contributed by atoms with E-state index in [0.717, 1.165) is 0 Å². The number of carbonyl (C=O) groups is 2. The number of amides is 1. The predicted octanol–water partition coefficient (Wildman–Crippen LogP) is 1.03. The number of rotatable bonds is 5. The largest absolute Gasteiger partial charge is 0.768 e. The van der Waals surface area contributed by atoms with Crippen LogP contribution in [-0.4, -0.2) is 31.9 Å². The molecule has 0 saturated carbocycles. The molecule has 0 aliphatic carbocycles. The summed E-state index contributed by atoms with van der Waals surface area (Å²) in [6, 6.07) is 6.07. The Hall–Kier alpha value is -1.79. The molecule has 5 nitrogen and oxygen atoms in total. The lowest BCUT2D eigenvalue weighted by molar-refractivity contribution is -0.135. The smallest absolute Gasteiger partial charge is 0.237 e. The van der Waals surface area contributed by atoms with Gasteiger partial charge < -0.3 is 9.45 Å². The normalized spacial score (nSPS) is 19.9. The van der Waals surface area contributed by atoms with Crippen molar-refractivity contribution in [2.75, 3.05) is 6.54 Å². The van der Waals surface area contributed by atoms with E-state index in [9.17, 15) is 18.4 Å². The van der Waals surface area contributed by atoms with Crippen molar-refractivity contribution in [1.29, 1.82) is 0 Å². The van der Waals surface area contributed by atoms with Gasteiger partial charge in [0.1, 0.15) is 5.78 Å². The van der Waals surface area contributed by atoms with Crippen LogP contribution in [0.15, 0.2) is 41.9 Å². The molecule has 0 bridgehead atoms. The molecule has 1 fully saturated rings. The van der Waals surface area contributed by atoms with E-state index in [1.165, 1.54) is 23.2 Å². The molecule has 0 radical (unpaired) electrons. The summed E-state index contributed by atoms with van der Waals surface area (Å²) in [4.78, 5) is 25.6. The molecule has 2 atom stereocenters. The maximum Gasteiger partial charge on any atom is 0.237 e. The summed E-state index contributed by atoms with van der Waals surface area (Å²) in [6.45, 7) is 4.05. The van der Waals surface area contributed by atoms with Crippen LogP contribution in [0.2, 0.25) is 0 Å². The topological polar surface area (TPSA) is 77.5 Å². The van der Waals surface area contributed by atoms with Gasteiger partial charge in [0.15, 0.2) is 0 Å². The number of nitrogens with zero attached hydrogens (tertiary/aromatic N) is 1. The molecule has 1 heterocycles. The van der Waals surface area contributed by atoms with Gasteiger partial charge in [0.05, 0.1) is 5.92 Å². The summed E-state index contributed by atoms with van der Waals surface area (Å²) in [5.41, 5.74) is 0.703. The van der Waals surface area contributed by atoms with Gasteiger partial charge in [-0.25, -0.2) is 0 Å². The number of Topliss-reactive ketones (excluding diaryl/α,β-unsaturated/α-hetero) is 1. The number of hydrogen-bond acceptors (Lipinski definition) is 4. The van der Waals surface area contributed by atoms with E-state index in [4.69, 9.17) is 0 Å². The molecular weight excluding hydrogens is 278 g/mol. The fourth-order valence-electron chi connectivity index (χ4n) is 2.22. The van der Waals surface area contributed by atoms with Crippen molar-refractivity contribution in [3.63, 3.8) is 0 Å². The second-order valence-electron chi connectivity index (χ2n) is 4.58. The Morgan fingerprint density at radius 1 is 1.45 bits per heavy atom. The molecule has 2 unspecified atom stereocenters. The number of ketones is 1. The summed E-state index contributed by atoms with van der Waals surface area (Å²) in [7, 11) is 0. The minimum atomic E-state index is -2.27. The third-order valence-corrected chi connectivity index (χ3v) is 4.00. The zero-order valence-electron chi connectivity index (χ0n) is 10.8. The van der Waals surface area contributed by atoms with Gasteiger partial charge >= 0.3 is 0 Å². The second kappa shape index (κ2) is 6.11. The Labute approximate surface area is 119 Å². The predicted molar refractivity (Wildman–Crippen MR) is 72.4 cm³/mol. The lowest BCUT2D eigenvalue weighted by Gasteiger charge is -2.10. The molecule has 20 heavy (non-hydrogen) atoms. The molecule has 0 spiro atoms. The average Bonchev–Trinajstić information content (AvgIpc) is 2.80. The van der Waals surface area contributed by atoms with Crippen LogP contribution in [0, 0.1) is 5.92 Å². The van der Waals surface area contributed by atoms with Crippen molar-refractivity contribution in [1.82, 2.24) is 4.90 Å². The average molecular weight is 292 g/mol. The van der Waals surface area contributed by atoms with Gasteiger partial charge in [-0.1, -0.05) is 18.7 Å². The minimum Gasteiger partial charge on any atom is -0.768 e. The van der Waals surface area contributed by atoms with E-state index in [-0.39, 0.29) is 23.0 Å². The first kappa shape index (κ1) is 14.6. The van der Waals surface area contributed by atoms with Crippen molar-refractivity contribution in [3.05, 3.63) is 42.6 Å². The Kier molecular flexibility index (Phi) is 4.46. The van der Waals surface area contributed by atoms with Crippen molar-refractivity contribution in [2.24, 2.45) is 5.92 Å². The maximum atomic E-state index is 12.1. The van der Waals surface area contributed by atoms with Gasteiger partial charge in [-0.15, -0.1) is 0 Å². The van der Waals surface area contributed by atoms with E-state index >= 15 is 0 Å². The van der Waals surface area contributed by atoms with Crippen LogP contribution in [0.25, 0.3) is 0 Å². The molecule has 0 N–H and O–H groups in total. The van der Waals surface area contributed by atoms with Gasteiger partial charge in [-0.2, -0.15) is 0 Å². The summed E-state index contributed by atoms with van der Waals surface area (Å²) in [5, 5.41) is 0. The van der Waals surface area contributed by atoms with Crippen LogP contribution >= 0.6 is 0 Å². The van der Waals surface area contributed by atoms with E-state index in [0.29, 0.717) is 18.5 Å². The van der Waals surface area contributed by atoms with Crippen LogP contribution in [-0.2, 0) is 27.1 Å². The molecule has 1 aromatic carbocycles. The lowest BCUT2D eigenvalue weighted by atomic mass is 9.97. The fourth-order valence-corrected chi connectivity index (χ4v) is 2.58. The van der Waals surface area contributed by atoms with Crippen molar-refractivity contribution >= 4 is 22.8 Å². The second-order valence-corrected chi connectivity index (χ2v) is 5.52. The Bertz CT molecular complexity index is 567. The highest BCUT2D eigenvalue weighted by Gasteiger charge is 2.35. The number of likely N-dealkylation sites (tertiary alicyclic amines) is 1. The van der Waals surface area contributed by atoms with Crippen LogP contribution < -0.4 is 0 Å². The van der Waals surface area contributed by atoms with Gasteiger partial charge in [0.25, 0.3) is 0 Å². The zero-order chi connectivity index (χ0) is 14.7. The lowest BCUT2D eigenvalue weighted by Crippen LogP contribution is -2.27. The van der Waals surface area contributed by atoms with Gasteiger partial charge in [-0.05, 0) is 41.4 Å². The molecule has 0 aromatic heterocycles. The van der Waals surface area contributed by atoms with E-state index < -0.39 is 17.0 Å². The van der Waals surface area contributed by atoms with Crippen molar-refractivity contribution < 1.29 is 18.4 Å². The molecule has 1 aromatic rings. The van der Waals surface area contributed by atoms with E-state index in [2.05, 4.69) is 6.58 Å². The molecule has 2 rings (SSSR count). The summed E-state index contributed by atoms with van der Waals surface area (Å²) in [6.07, 6.45) is 2.08. The van der Waals surface area contributed by atoms with Crippen molar-refractivity contribution in [2.45, 2.75) is 17.7 Å². The number of hydrogen-bond donors (Lipinski definition) is 0. The highest BCUT2D eigenvalue weighted by molar-refractivity contribution is 7.79. The monoisotopic (exact) mass is 292 g/mol. The molecule has 1 amide bonds. The maximum absolute atomic E-state index is 12.1. The molecule has 1 saturated heterocycles. The standard InChI is InChI=1S/C14H15NO4S/c1-2-15-8-7-12(14(15)17)13(16)9-10-3-5-11(6-4-10)20(18)19/h2-6,12H,1,7-9H2,(H,18,19)/p-1. The first-order valence-electron chi connectivity index (χ1n) is 6.17. The third-order valence-electron chi connectivity index (χ3n) is 3.34. The summed E-state index contributed by atoms with van der Waals surface area (Å²) in [5.74, 6) is -0.959. The molecule has 106 valence electrons. The third kappa shape index (κ3) is 3.02. The first-order valence-corrected chi connectivity index (χ1v) is 7.24. The summed E-state index contributed by atoms with van der Waals surface area (Å²) < 4.78 is 21.5. The van der Waals surface area contributed by atoms with Crippen LogP contribution in [0.5, 0.6) is 0 Å². The zero-order valence-corrected chi connectivity index (χ0v) is 11.6. The Balaban J connectivity index is 2.03. The number of benzene rings is 1. The summed E-state index contributed by atoms with van der Waals surface area (Å²) >= 11 is -2.27. The van der Waals surface area contributed by atoms with Crippen LogP contribution in [0.1, 0.15) is 12.0 Å². The van der Waals surface area contributed by atoms with Gasteiger partial charge in [0.2, 0.25) is 5.91 Å². The van der Waals surface area contributed by atoms with E-state index in [1.807, 2.05) is 0 Å². The fraction of sp³-hybridized carbons (Fsp3) is 0.286. The molecule has 6 heteroatoms. The molecular formula is C14H14NO4S-. The highest BCUT2D eigenvalue weighted by Crippen LogP contribution is 2.21. The van der Waals surface area contributed by atoms with Gasteiger partial charge in [0, 0.05) is 17.9 Å². The molecule has 1 aliphatic heterocycles. The van der Waals surface area contributed by atoms with Crippen LogP contribution in [0.4, 0.5) is 0 Å². The van der Waals surface area contributed by atoms with Gasteiger partial charge in [-0.3, -0.25) is 13.8 Å².